The molecule has 0 radical (unpaired) electrons. The number of hydrogen-bond donors (Lipinski definition) is 0. The standard InChI is InChI=1S/C22H34N6O4SSi/c1-17-14-31-9-8-26(17)20-12-18(15-33(2,29)30)19-13-24-28(22(19)25-20)21-6-7-23-27(21)16-32-10-11-34(3,4)5/h6-7,12-13,17H,8-11,14-16H2,1-5H3/t17-/m1/s1. The van der Waals surface area contributed by atoms with Crippen LogP contribution in [0.5, 0.6) is 0 Å². The van der Waals surface area contributed by atoms with E-state index in [1.165, 1.54) is 6.26 Å². The van der Waals surface area contributed by atoms with Crippen LogP contribution in [0.25, 0.3) is 16.9 Å². The molecule has 0 bridgehead atoms. The summed E-state index contributed by atoms with van der Waals surface area (Å²) in [6.07, 6.45) is 4.63. The molecule has 4 heterocycles. The summed E-state index contributed by atoms with van der Waals surface area (Å²) < 4.78 is 39.3. The van der Waals surface area contributed by atoms with Crippen molar-refractivity contribution in [3.63, 3.8) is 0 Å². The van der Waals surface area contributed by atoms with Gasteiger partial charge in [-0.2, -0.15) is 14.9 Å². The molecule has 0 unspecified atom stereocenters. The number of sulfone groups is 1. The smallest absolute Gasteiger partial charge is 0.167 e. The van der Waals surface area contributed by atoms with Crippen LogP contribution < -0.4 is 4.90 Å². The van der Waals surface area contributed by atoms with E-state index >= 15 is 0 Å². The molecule has 1 atom stereocenters. The Morgan fingerprint density at radius 2 is 2.06 bits per heavy atom. The molecule has 34 heavy (non-hydrogen) atoms. The Morgan fingerprint density at radius 1 is 1.26 bits per heavy atom. The Morgan fingerprint density at radius 3 is 2.76 bits per heavy atom. The Labute approximate surface area is 201 Å². The number of pyridine rings is 1. The minimum absolute atomic E-state index is 0.0809. The molecule has 0 saturated carbocycles. The van der Waals surface area contributed by atoms with Crippen molar-refractivity contribution in [2.75, 3.05) is 37.5 Å². The van der Waals surface area contributed by atoms with Crippen LogP contribution in [-0.4, -0.2) is 79.7 Å². The fourth-order valence-corrected chi connectivity index (χ4v) is 5.53. The lowest BCUT2D eigenvalue weighted by Gasteiger charge is -2.34. The molecule has 186 valence electrons. The fourth-order valence-electron chi connectivity index (χ4n) is 3.97. The van der Waals surface area contributed by atoms with Crippen LogP contribution in [-0.2, 0) is 31.8 Å². The highest BCUT2D eigenvalue weighted by Crippen LogP contribution is 2.28. The normalized spacial score (nSPS) is 17.6. The number of nitrogens with zero attached hydrogens (tertiary/aromatic N) is 6. The van der Waals surface area contributed by atoms with Gasteiger partial charge < -0.3 is 14.4 Å². The second kappa shape index (κ2) is 9.76. The molecule has 1 aliphatic rings. The van der Waals surface area contributed by atoms with Crippen LogP contribution >= 0.6 is 0 Å². The van der Waals surface area contributed by atoms with Crippen molar-refractivity contribution in [2.24, 2.45) is 0 Å². The average molecular weight is 507 g/mol. The quantitative estimate of drug-likeness (QED) is 0.322. The van der Waals surface area contributed by atoms with Crippen molar-refractivity contribution in [3.05, 3.63) is 30.1 Å². The molecule has 10 nitrogen and oxygen atoms in total. The van der Waals surface area contributed by atoms with Gasteiger partial charge in [-0.3, -0.25) is 0 Å². The third-order valence-electron chi connectivity index (χ3n) is 5.81. The van der Waals surface area contributed by atoms with Crippen molar-refractivity contribution in [1.82, 2.24) is 24.5 Å². The Bertz CT molecular complexity index is 1250. The van der Waals surface area contributed by atoms with E-state index in [2.05, 4.69) is 41.7 Å². The van der Waals surface area contributed by atoms with Crippen molar-refractivity contribution >= 4 is 34.8 Å². The number of rotatable bonds is 9. The van der Waals surface area contributed by atoms with Crippen LogP contribution in [0.3, 0.4) is 0 Å². The summed E-state index contributed by atoms with van der Waals surface area (Å²) in [6, 6.07) is 4.93. The van der Waals surface area contributed by atoms with E-state index in [0.717, 1.165) is 11.9 Å². The average Bonchev–Trinajstić information content (AvgIpc) is 3.36. The first-order valence-electron chi connectivity index (χ1n) is 11.5. The number of anilines is 1. The number of ether oxygens (including phenoxy) is 2. The van der Waals surface area contributed by atoms with Gasteiger partial charge in [-0.15, -0.1) is 0 Å². The molecule has 0 spiro atoms. The Hall–Kier alpha value is -2.28. The number of morpholine rings is 1. The summed E-state index contributed by atoms with van der Waals surface area (Å²) in [4.78, 5) is 7.08. The van der Waals surface area contributed by atoms with E-state index in [0.29, 0.717) is 55.5 Å². The maximum absolute atomic E-state index is 12.2. The van der Waals surface area contributed by atoms with Gasteiger partial charge in [-0.1, -0.05) is 19.6 Å². The molecular weight excluding hydrogens is 472 g/mol. The Kier molecular flexibility index (Phi) is 7.13. The van der Waals surface area contributed by atoms with Gasteiger partial charge >= 0.3 is 0 Å². The second-order valence-corrected chi connectivity index (χ2v) is 17.9. The Balaban J connectivity index is 1.71. The lowest BCUT2D eigenvalue weighted by atomic mass is 10.2. The zero-order valence-corrected chi connectivity index (χ0v) is 22.4. The van der Waals surface area contributed by atoms with E-state index in [9.17, 15) is 8.42 Å². The lowest BCUT2D eigenvalue weighted by molar-refractivity contribution is 0.0782. The van der Waals surface area contributed by atoms with E-state index in [1.54, 1.807) is 21.8 Å². The third kappa shape index (κ3) is 5.85. The molecule has 4 rings (SSSR count). The summed E-state index contributed by atoms with van der Waals surface area (Å²) in [5.74, 6) is 1.36. The molecular formula is C22H34N6O4SSi. The van der Waals surface area contributed by atoms with Crippen LogP contribution in [0.1, 0.15) is 12.5 Å². The van der Waals surface area contributed by atoms with E-state index < -0.39 is 17.9 Å². The lowest BCUT2D eigenvalue weighted by Crippen LogP contribution is -2.44. The van der Waals surface area contributed by atoms with Gasteiger partial charge in [0.1, 0.15) is 12.5 Å². The number of aromatic nitrogens is 5. The molecule has 3 aromatic heterocycles. The van der Waals surface area contributed by atoms with Crippen molar-refractivity contribution in [1.29, 1.82) is 0 Å². The first-order chi connectivity index (χ1) is 16.0. The predicted octanol–water partition coefficient (Wildman–Crippen LogP) is 2.70. The van der Waals surface area contributed by atoms with Crippen molar-refractivity contribution in [3.8, 4) is 5.82 Å². The highest BCUT2D eigenvalue weighted by molar-refractivity contribution is 7.89. The summed E-state index contributed by atoms with van der Waals surface area (Å²) in [5, 5.41) is 9.69. The van der Waals surface area contributed by atoms with Crippen LogP contribution in [0.2, 0.25) is 25.7 Å². The molecule has 0 N–H and O–H groups in total. The van der Waals surface area contributed by atoms with Gasteiger partial charge in [0.25, 0.3) is 0 Å². The SMILES string of the molecule is C[C@@H]1COCCN1c1cc(CS(C)(=O)=O)c2cnn(-c3ccnn3COCC[Si](C)(C)C)c2n1. The van der Waals surface area contributed by atoms with E-state index in [1.807, 2.05) is 12.1 Å². The first kappa shape index (κ1) is 24.8. The highest BCUT2D eigenvalue weighted by Gasteiger charge is 2.24. The topological polar surface area (TPSA) is 104 Å². The van der Waals surface area contributed by atoms with Crippen LogP contribution in [0.15, 0.2) is 24.5 Å². The minimum atomic E-state index is -3.25. The highest BCUT2D eigenvalue weighted by atomic mass is 32.2. The number of hydrogen-bond acceptors (Lipinski definition) is 8. The van der Waals surface area contributed by atoms with Gasteiger partial charge in [-0.05, 0) is 24.6 Å². The van der Waals surface area contributed by atoms with Crippen LogP contribution in [0, 0.1) is 0 Å². The van der Waals surface area contributed by atoms with Crippen LogP contribution in [0.4, 0.5) is 5.82 Å². The minimum Gasteiger partial charge on any atom is -0.377 e. The largest absolute Gasteiger partial charge is 0.377 e. The molecule has 1 aliphatic heterocycles. The summed E-state index contributed by atoms with van der Waals surface area (Å²) in [7, 11) is -4.43. The molecule has 12 heteroatoms. The summed E-state index contributed by atoms with van der Waals surface area (Å²) >= 11 is 0. The third-order valence-corrected chi connectivity index (χ3v) is 8.35. The predicted molar refractivity (Wildman–Crippen MR) is 135 cm³/mol. The molecule has 0 aliphatic carbocycles. The zero-order valence-electron chi connectivity index (χ0n) is 20.6. The van der Waals surface area contributed by atoms with Crippen molar-refractivity contribution in [2.45, 2.75) is 51.1 Å². The second-order valence-electron chi connectivity index (χ2n) is 10.2. The maximum atomic E-state index is 12.2. The molecule has 3 aromatic rings. The van der Waals surface area contributed by atoms with E-state index in [-0.39, 0.29) is 11.8 Å². The van der Waals surface area contributed by atoms with Gasteiger partial charge in [-0.25, -0.2) is 18.1 Å². The molecule has 1 fully saturated rings. The van der Waals surface area contributed by atoms with Gasteiger partial charge in [0.15, 0.2) is 21.3 Å². The molecule has 1 saturated heterocycles. The maximum Gasteiger partial charge on any atom is 0.167 e. The summed E-state index contributed by atoms with van der Waals surface area (Å²) in [6.45, 7) is 11.9. The molecule has 0 amide bonds. The first-order valence-corrected chi connectivity index (χ1v) is 17.3. The fraction of sp³-hybridized carbons (Fsp3) is 0.591. The van der Waals surface area contributed by atoms with Crippen molar-refractivity contribution < 1.29 is 17.9 Å². The molecule has 0 aromatic carbocycles. The zero-order chi connectivity index (χ0) is 24.5. The monoisotopic (exact) mass is 506 g/mol. The summed E-state index contributed by atoms with van der Waals surface area (Å²) in [5.41, 5.74) is 1.28. The van der Waals surface area contributed by atoms with Gasteiger partial charge in [0.05, 0.1) is 37.4 Å². The van der Waals surface area contributed by atoms with E-state index in [4.69, 9.17) is 14.5 Å². The van der Waals surface area contributed by atoms with Gasteiger partial charge in [0.2, 0.25) is 0 Å². The number of fused-ring (bicyclic) bond motifs is 1. The van der Waals surface area contributed by atoms with Gasteiger partial charge in [0, 0.05) is 38.9 Å².